The van der Waals surface area contributed by atoms with Crippen molar-refractivity contribution in [2.45, 2.75) is 6.54 Å². The number of carbonyl (C=O) groups is 1. The number of benzene rings is 1. The Labute approximate surface area is 148 Å². The Hall–Kier alpha value is -3.75. The van der Waals surface area contributed by atoms with Crippen molar-refractivity contribution in [1.82, 2.24) is 35.1 Å². The van der Waals surface area contributed by atoms with Crippen LogP contribution in [0.15, 0.2) is 48.8 Å². The zero-order valence-corrected chi connectivity index (χ0v) is 13.9. The van der Waals surface area contributed by atoms with Crippen LogP contribution < -0.4 is 10.1 Å². The quantitative estimate of drug-likeness (QED) is 0.564. The average molecular weight is 349 g/mol. The lowest BCUT2D eigenvalue weighted by Gasteiger charge is -2.03. The van der Waals surface area contributed by atoms with E-state index in [0.29, 0.717) is 28.7 Å². The number of H-pyrrole nitrogens is 1. The second-order valence-corrected chi connectivity index (χ2v) is 5.46. The summed E-state index contributed by atoms with van der Waals surface area (Å²) in [4.78, 5) is 16.4. The first-order valence-corrected chi connectivity index (χ1v) is 7.88. The summed E-state index contributed by atoms with van der Waals surface area (Å²) in [5.41, 5.74) is 2.51. The van der Waals surface area contributed by atoms with Crippen LogP contribution in [-0.4, -0.2) is 42.8 Å². The van der Waals surface area contributed by atoms with Gasteiger partial charge in [-0.05, 0) is 6.07 Å². The predicted molar refractivity (Wildman–Crippen MR) is 92.5 cm³/mol. The van der Waals surface area contributed by atoms with E-state index in [4.69, 9.17) is 4.74 Å². The summed E-state index contributed by atoms with van der Waals surface area (Å²) < 4.78 is 6.86. The molecule has 0 aliphatic rings. The molecule has 1 aromatic carbocycles. The second kappa shape index (κ2) is 6.63. The van der Waals surface area contributed by atoms with Gasteiger partial charge in [0.25, 0.3) is 11.8 Å². The summed E-state index contributed by atoms with van der Waals surface area (Å²) in [6.45, 7) is 0.201. The third-order valence-electron chi connectivity index (χ3n) is 3.86. The molecule has 0 radical (unpaired) electrons. The van der Waals surface area contributed by atoms with Crippen LogP contribution in [0.1, 0.15) is 16.3 Å². The Morgan fingerprint density at radius 1 is 1.27 bits per heavy atom. The molecule has 0 spiro atoms. The van der Waals surface area contributed by atoms with E-state index in [9.17, 15) is 4.79 Å². The minimum Gasteiger partial charge on any atom is -0.478 e. The average Bonchev–Trinajstić information content (AvgIpc) is 3.34. The molecule has 0 aliphatic heterocycles. The summed E-state index contributed by atoms with van der Waals surface area (Å²) in [5.74, 6) is 0.660. The fraction of sp³-hybridized carbons (Fsp3) is 0.118. The highest BCUT2D eigenvalue weighted by atomic mass is 16.5. The Kier molecular flexibility index (Phi) is 4.02. The molecule has 0 saturated carbocycles. The molecule has 0 aliphatic carbocycles. The Balaban J connectivity index is 1.49. The zero-order valence-electron chi connectivity index (χ0n) is 13.9. The van der Waals surface area contributed by atoms with Crippen molar-refractivity contribution in [2.24, 2.45) is 0 Å². The Morgan fingerprint density at radius 3 is 2.92 bits per heavy atom. The number of carbonyl (C=O) groups excluding carboxylic acids is 1. The molecule has 4 rings (SSSR count). The van der Waals surface area contributed by atoms with Crippen LogP contribution in [0.5, 0.6) is 5.88 Å². The van der Waals surface area contributed by atoms with Crippen molar-refractivity contribution < 1.29 is 9.53 Å². The van der Waals surface area contributed by atoms with Gasteiger partial charge in [-0.15, -0.1) is 10.2 Å². The third-order valence-corrected chi connectivity index (χ3v) is 3.86. The predicted octanol–water partition coefficient (Wildman–Crippen LogP) is 1.45. The van der Waals surface area contributed by atoms with Gasteiger partial charge in [-0.1, -0.05) is 30.3 Å². The first-order chi connectivity index (χ1) is 12.8. The Bertz CT molecular complexity index is 1060. The lowest BCUT2D eigenvalue weighted by molar-refractivity contribution is 0.0944. The van der Waals surface area contributed by atoms with E-state index < -0.39 is 0 Å². The lowest BCUT2D eigenvalue weighted by Crippen LogP contribution is -2.24. The second-order valence-electron chi connectivity index (χ2n) is 5.46. The monoisotopic (exact) mass is 349 g/mol. The first-order valence-electron chi connectivity index (χ1n) is 7.88. The van der Waals surface area contributed by atoms with Gasteiger partial charge in [0.1, 0.15) is 5.69 Å². The van der Waals surface area contributed by atoms with E-state index in [-0.39, 0.29) is 12.5 Å². The number of aromatic amines is 1. The highest BCUT2D eigenvalue weighted by molar-refractivity contribution is 5.93. The number of methoxy groups -OCH3 is 1. The van der Waals surface area contributed by atoms with Crippen LogP contribution in [-0.2, 0) is 6.54 Å². The zero-order chi connectivity index (χ0) is 17.9. The van der Waals surface area contributed by atoms with Gasteiger partial charge in [-0.2, -0.15) is 5.10 Å². The first kappa shape index (κ1) is 15.8. The lowest BCUT2D eigenvalue weighted by atomic mass is 10.1. The molecule has 2 N–H and O–H groups in total. The minimum absolute atomic E-state index is 0.201. The van der Waals surface area contributed by atoms with Gasteiger partial charge in [0, 0.05) is 18.0 Å². The van der Waals surface area contributed by atoms with Crippen LogP contribution in [0.25, 0.3) is 16.9 Å². The number of nitrogens with one attached hydrogen (secondary N) is 2. The number of rotatable bonds is 5. The minimum atomic E-state index is -0.280. The van der Waals surface area contributed by atoms with E-state index in [2.05, 4.69) is 30.7 Å². The van der Waals surface area contributed by atoms with Gasteiger partial charge in [0.05, 0.1) is 19.3 Å². The van der Waals surface area contributed by atoms with Gasteiger partial charge in [-0.25, -0.2) is 4.98 Å². The van der Waals surface area contributed by atoms with Crippen molar-refractivity contribution >= 4 is 11.6 Å². The van der Waals surface area contributed by atoms with Crippen LogP contribution in [0.4, 0.5) is 0 Å². The third kappa shape index (κ3) is 2.86. The van der Waals surface area contributed by atoms with Crippen molar-refractivity contribution in [2.75, 3.05) is 7.11 Å². The number of ether oxygens (including phenoxy) is 1. The fourth-order valence-electron chi connectivity index (χ4n) is 2.57. The number of hydrogen-bond donors (Lipinski definition) is 2. The number of hydrogen-bond acceptors (Lipinski definition) is 6. The Morgan fingerprint density at radius 2 is 2.12 bits per heavy atom. The molecule has 9 heteroatoms. The summed E-state index contributed by atoms with van der Waals surface area (Å²) in [6.07, 6.45) is 3.30. The molecule has 9 nitrogen and oxygen atoms in total. The molecule has 3 heterocycles. The normalized spacial score (nSPS) is 10.8. The summed E-state index contributed by atoms with van der Waals surface area (Å²) in [5, 5.41) is 17.8. The molecule has 0 bridgehead atoms. The number of fused-ring (bicyclic) bond motifs is 1. The van der Waals surface area contributed by atoms with Gasteiger partial charge in [0.15, 0.2) is 5.82 Å². The molecule has 0 fully saturated rings. The van der Waals surface area contributed by atoms with Crippen molar-refractivity contribution in [1.29, 1.82) is 0 Å². The molecule has 0 saturated heterocycles. The number of amides is 1. The number of aromatic nitrogens is 6. The standard InChI is InChI=1S/C17H15N7O2/c1-26-17-15-23-22-14(24(15)8-7-18-17)10-19-16(25)13-9-12(20-21-13)11-5-3-2-4-6-11/h2-9H,10H2,1H3,(H,19,25)(H,20,21). The maximum Gasteiger partial charge on any atom is 0.269 e. The summed E-state index contributed by atoms with van der Waals surface area (Å²) >= 11 is 0. The van der Waals surface area contributed by atoms with Crippen molar-refractivity contribution in [3.05, 3.63) is 60.3 Å². The van der Waals surface area contributed by atoms with E-state index in [1.165, 1.54) is 7.11 Å². The highest BCUT2D eigenvalue weighted by Crippen LogP contribution is 2.17. The van der Waals surface area contributed by atoms with Crippen LogP contribution in [0.3, 0.4) is 0 Å². The summed E-state index contributed by atoms with van der Waals surface area (Å²) in [6, 6.07) is 11.3. The molecular weight excluding hydrogens is 334 g/mol. The van der Waals surface area contributed by atoms with Crippen LogP contribution >= 0.6 is 0 Å². The van der Waals surface area contributed by atoms with Gasteiger partial charge < -0.3 is 10.1 Å². The highest BCUT2D eigenvalue weighted by Gasteiger charge is 2.14. The van der Waals surface area contributed by atoms with Crippen LogP contribution in [0.2, 0.25) is 0 Å². The number of nitrogens with zero attached hydrogens (tertiary/aromatic N) is 5. The molecule has 130 valence electrons. The molecule has 0 atom stereocenters. The van der Waals surface area contributed by atoms with E-state index in [1.54, 1.807) is 22.9 Å². The van der Waals surface area contributed by atoms with E-state index in [1.807, 2.05) is 30.3 Å². The molecule has 4 aromatic rings. The summed E-state index contributed by atoms with van der Waals surface area (Å²) in [7, 11) is 1.51. The largest absolute Gasteiger partial charge is 0.478 e. The SMILES string of the molecule is COc1nccn2c(CNC(=O)c3cc(-c4ccccc4)n[nH]3)nnc12. The van der Waals surface area contributed by atoms with Gasteiger partial charge in [0.2, 0.25) is 5.65 Å². The maximum absolute atomic E-state index is 12.4. The smallest absolute Gasteiger partial charge is 0.269 e. The van der Waals surface area contributed by atoms with E-state index >= 15 is 0 Å². The maximum atomic E-state index is 12.4. The molecule has 1 amide bonds. The van der Waals surface area contributed by atoms with Gasteiger partial charge >= 0.3 is 0 Å². The molecule has 26 heavy (non-hydrogen) atoms. The molecular formula is C17H15N7O2. The topological polar surface area (TPSA) is 110 Å². The van der Waals surface area contributed by atoms with E-state index in [0.717, 1.165) is 5.56 Å². The molecule has 0 unspecified atom stereocenters. The molecule has 3 aromatic heterocycles. The van der Waals surface area contributed by atoms with Gasteiger partial charge in [-0.3, -0.25) is 14.3 Å². The van der Waals surface area contributed by atoms with Crippen LogP contribution in [0, 0.1) is 0 Å². The van der Waals surface area contributed by atoms with Crippen molar-refractivity contribution in [3.8, 4) is 17.1 Å². The fourth-order valence-corrected chi connectivity index (χ4v) is 2.57. The van der Waals surface area contributed by atoms with Crippen molar-refractivity contribution in [3.63, 3.8) is 0 Å².